The molecular weight excluding hydrogens is 283 g/mol. The van der Waals surface area contributed by atoms with Crippen molar-refractivity contribution in [3.8, 4) is 11.1 Å². The second kappa shape index (κ2) is 5.19. The highest BCUT2D eigenvalue weighted by Gasteiger charge is 2.30. The van der Waals surface area contributed by atoms with E-state index in [2.05, 4.69) is 57.2 Å². The zero-order valence-electron chi connectivity index (χ0n) is 15.1. The van der Waals surface area contributed by atoms with Gasteiger partial charge in [-0.2, -0.15) is 0 Å². The SMILES string of the molecule is CC(F)C(C)(C)c1ccc2c(c1)Cc1cc(C(C)(C)C)ccc1-2. The van der Waals surface area contributed by atoms with Crippen LogP contribution in [0, 0.1) is 0 Å². The minimum atomic E-state index is -0.864. The molecule has 23 heavy (non-hydrogen) atoms. The first-order valence-corrected chi connectivity index (χ1v) is 8.52. The van der Waals surface area contributed by atoms with Crippen molar-refractivity contribution in [2.45, 2.75) is 65.0 Å². The van der Waals surface area contributed by atoms with Crippen LogP contribution in [-0.2, 0) is 17.3 Å². The largest absolute Gasteiger partial charge is 0.247 e. The van der Waals surface area contributed by atoms with Crippen molar-refractivity contribution >= 4 is 0 Å². The lowest BCUT2D eigenvalue weighted by Gasteiger charge is -2.27. The van der Waals surface area contributed by atoms with Crippen LogP contribution in [0.25, 0.3) is 11.1 Å². The smallest absolute Gasteiger partial charge is 0.106 e. The molecule has 1 aliphatic carbocycles. The van der Waals surface area contributed by atoms with Crippen molar-refractivity contribution < 1.29 is 4.39 Å². The summed E-state index contributed by atoms with van der Waals surface area (Å²) in [6.07, 6.45) is 0.0935. The molecule has 0 bridgehead atoms. The zero-order valence-corrected chi connectivity index (χ0v) is 15.1. The van der Waals surface area contributed by atoms with Gasteiger partial charge < -0.3 is 0 Å². The molecular formula is C22H27F. The summed E-state index contributed by atoms with van der Waals surface area (Å²) >= 11 is 0. The molecule has 0 saturated heterocycles. The van der Waals surface area contributed by atoms with Crippen LogP contribution >= 0.6 is 0 Å². The molecule has 1 aliphatic rings. The van der Waals surface area contributed by atoms with Crippen LogP contribution in [0.3, 0.4) is 0 Å². The Bertz CT molecular complexity index is 745. The second-order valence-electron chi connectivity index (χ2n) is 8.51. The Balaban J connectivity index is 2.02. The van der Waals surface area contributed by atoms with Gasteiger partial charge in [0.2, 0.25) is 0 Å². The number of hydrogen-bond donors (Lipinski definition) is 0. The Kier molecular flexibility index (Phi) is 3.66. The number of hydrogen-bond acceptors (Lipinski definition) is 0. The van der Waals surface area contributed by atoms with Gasteiger partial charge in [-0.05, 0) is 52.1 Å². The Morgan fingerprint density at radius 2 is 1.30 bits per heavy atom. The Morgan fingerprint density at radius 1 is 0.826 bits per heavy atom. The van der Waals surface area contributed by atoms with Gasteiger partial charge in [-0.1, -0.05) is 71.0 Å². The van der Waals surface area contributed by atoms with E-state index in [-0.39, 0.29) is 5.41 Å². The second-order valence-corrected chi connectivity index (χ2v) is 8.51. The summed E-state index contributed by atoms with van der Waals surface area (Å²) in [6, 6.07) is 13.3. The molecule has 1 atom stereocenters. The molecule has 0 radical (unpaired) electrons. The van der Waals surface area contributed by atoms with Gasteiger partial charge in [-0.15, -0.1) is 0 Å². The van der Waals surface area contributed by atoms with Gasteiger partial charge in [0.15, 0.2) is 0 Å². The lowest BCUT2D eigenvalue weighted by molar-refractivity contribution is 0.237. The molecule has 0 aliphatic heterocycles. The van der Waals surface area contributed by atoms with Gasteiger partial charge in [0.1, 0.15) is 6.17 Å². The minimum Gasteiger partial charge on any atom is -0.247 e. The van der Waals surface area contributed by atoms with Crippen molar-refractivity contribution in [3.63, 3.8) is 0 Å². The fraction of sp³-hybridized carbons (Fsp3) is 0.455. The maximum atomic E-state index is 14.0. The Morgan fingerprint density at radius 3 is 1.78 bits per heavy atom. The predicted octanol–water partition coefficient (Wildman–Crippen LogP) is 6.19. The van der Waals surface area contributed by atoms with Gasteiger partial charge in [0.25, 0.3) is 0 Å². The third-order valence-electron chi connectivity index (χ3n) is 5.49. The molecule has 0 nitrogen and oxygen atoms in total. The number of halogens is 1. The fourth-order valence-electron chi connectivity index (χ4n) is 3.31. The zero-order chi connectivity index (χ0) is 17.0. The molecule has 0 N–H and O–H groups in total. The summed E-state index contributed by atoms with van der Waals surface area (Å²) in [4.78, 5) is 0. The maximum Gasteiger partial charge on any atom is 0.106 e. The topological polar surface area (TPSA) is 0 Å². The Labute approximate surface area is 139 Å². The summed E-state index contributed by atoms with van der Waals surface area (Å²) in [5.74, 6) is 0. The molecule has 0 saturated carbocycles. The van der Waals surface area contributed by atoms with Crippen LogP contribution in [0.15, 0.2) is 36.4 Å². The highest BCUT2D eigenvalue weighted by molar-refractivity contribution is 5.77. The maximum absolute atomic E-state index is 14.0. The van der Waals surface area contributed by atoms with Gasteiger partial charge in [-0.3, -0.25) is 0 Å². The first-order chi connectivity index (χ1) is 10.6. The number of fused-ring (bicyclic) bond motifs is 3. The lowest BCUT2D eigenvalue weighted by atomic mass is 9.80. The van der Waals surface area contributed by atoms with Crippen LogP contribution in [-0.4, -0.2) is 6.17 Å². The van der Waals surface area contributed by atoms with E-state index in [0.717, 1.165) is 12.0 Å². The van der Waals surface area contributed by atoms with Crippen LogP contribution < -0.4 is 0 Å². The number of rotatable bonds is 2. The van der Waals surface area contributed by atoms with Crippen LogP contribution in [0.1, 0.15) is 63.8 Å². The molecule has 0 amide bonds. The van der Waals surface area contributed by atoms with Gasteiger partial charge in [-0.25, -0.2) is 4.39 Å². The molecule has 2 aromatic carbocycles. The fourth-order valence-corrected chi connectivity index (χ4v) is 3.31. The summed E-state index contributed by atoms with van der Waals surface area (Å²) in [6.45, 7) is 12.4. The summed E-state index contributed by atoms with van der Waals surface area (Å²) < 4.78 is 14.0. The molecule has 2 aromatic rings. The van der Waals surface area contributed by atoms with E-state index in [1.165, 1.54) is 27.8 Å². The van der Waals surface area contributed by atoms with Crippen molar-refractivity contribution in [2.24, 2.45) is 0 Å². The summed E-state index contributed by atoms with van der Waals surface area (Å²) in [7, 11) is 0. The highest BCUT2D eigenvalue weighted by atomic mass is 19.1. The average molecular weight is 310 g/mol. The van der Waals surface area contributed by atoms with E-state index in [1.54, 1.807) is 6.92 Å². The third-order valence-corrected chi connectivity index (χ3v) is 5.49. The van der Waals surface area contributed by atoms with E-state index in [4.69, 9.17) is 0 Å². The van der Waals surface area contributed by atoms with Crippen molar-refractivity contribution in [1.82, 2.24) is 0 Å². The summed E-state index contributed by atoms with van der Waals surface area (Å²) in [5, 5.41) is 0. The molecule has 0 aromatic heterocycles. The first kappa shape index (κ1) is 16.2. The lowest BCUT2D eigenvalue weighted by Crippen LogP contribution is -2.27. The number of benzene rings is 2. The molecule has 1 unspecified atom stereocenters. The van der Waals surface area contributed by atoms with E-state index in [0.29, 0.717) is 0 Å². The van der Waals surface area contributed by atoms with Crippen molar-refractivity contribution in [2.75, 3.05) is 0 Å². The van der Waals surface area contributed by atoms with Gasteiger partial charge in [0, 0.05) is 5.41 Å². The molecule has 122 valence electrons. The first-order valence-electron chi connectivity index (χ1n) is 8.52. The van der Waals surface area contributed by atoms with Crippen molar-refractivity contribution in [3.05, 3.63) is 58.7 Å². The molecule has 0 spiro atoms. The van der Waals surface area contributed by atoms with Crippen molar-refractivity contribution in [1.29, 1.82) is 0 Å². The molecule has 0 heterocycles. The van der Waals surface area contributed by atoms with E-state index < -0.39 is 11.6 Å². The van der Waals surface area contributed by atoms with E-state index in [9.17, 15) is 4.39 Å². The average Bonchev–Trinajstić information content (AvgIpc) is 2.82. The number of alkyl halides is 1. The minimum absolute atomic E-state index is 0.167. The van der Waals surface area contributed by atoms with Crippen LogP contribution in [0.5, 0.6) is 0 Å². The quantitative estimate of drug-likeness (QED) is 0.529. The van der Waals surface area contributed by atoms with Gasteiger partial charge >= 0.3 is 0 Å². The standard InChI is InChI=1S/C22H27F/c1-14(23)22(5,6)18-8-10-20-16(13-18)11-15-12-17(21(2,3)4)7-9-19(15)20/h7-10,12-14H,11H2,1-6H3. The molecule has 0 fully saturated rings. The van der Waals surface area contributed by atoms with E-state index >= 15 is 0 Å². The van der Waals surface area contributed by atoms with Crippen LogP contribution in [0.4, 0.5) is 4.39 Å². The Hall–Kier alpha value is -1.63. The van der Waals surface area contributed by atoms with Gasteiger partial charge in [0.05, 0.1) is 0 Å². The normalized spacial score (nSPS) is 15.3. The highest BCUT2D eigenvalue weighted by Crippen LogP contribution is 2.41. The monoisotopic (exact) mass is 310 g/mol. The summed E-state index contributed by atoms with van der Waals surface area (Å²) in [5.41, 5.74) is 7.57. The van der Waals surface area contributed by atoms with E-state index in [1.807, 2.05) is 13.8 Å². The predicted molar refractivity (Wildman–Crippen MR) is 97.0 cm³/mol. The third kappa shape index (κ3) is 2.71. The van der Waals surface area contributed by atoms with Crippen LogP contribution in [0.2, 0.25) is 0 Å². The molecule has 1 heteroatoms. The molecule has 3 rings (SSSR count).